The normalized spacial score (nSPS) is 16.6. The predicted molar refractivity (Wildman–Crippen MR) is 161 cm³/mol. The van der Waals surface area contributed by atoms with Gasteiger partial charge in [-0.05, 0) is 29.3 Å². The van der Waals surface area contributed by atoms with Gasteiger partial charge in [0.2, 0.25) is 0 Å². The van der Waals surface area contributed by atoms with Crippen molar-refractivity contribution in [2.24, 2.45) is 0 Å². The molecule has 4 aromatic rings. The van der Waals surface area contributed by atoms with Crippen molar-refractivity contribution in [3.8, 4) is 0 Å². The van der Waals surface area contributed by atoms with Crippen LogP contribution in [-0.2, 0) is 0 Å². The summed E-state index contributed by atoms with van der Waals surface area (Å²) in [5.41, 5.74) is 11.2. The minimum absolute atomic E-state index is 0.226. The van der Waals surface area contributed by atoms with Gasteiger partial charge in [-0.1, -0.05) is 78.3 Å². The Hall–Kier alpha value is -3.81. The van der Waals surface area contributed by atoms with Crippen LogP contribution < -0.4 is 20.4 Å². The molecule has 2 saturated heterocycles. The van der Waals surface area contributed by atoms with Gasteiger partial charge in [0, 0.05) is 63.1 Å². The monoisotopic (exact) mass is 539 g/mol. The fourth-order valence-corrected chi connectivity index (χ4v) is 5.99. The smallest absolute Gasteiger partial charge is 0.157 e. The number of hydrogen-bond donors (Lipinski definition) is 1. The van der Waals surface area contributed by atoms with Crippen molar-refractivity contribution in [2.45, 2.75) is 6.04 Å². The van der Waals surface area contributed by atoms with Crippen LogP contribution in [0.4, 0.5) is 23.0 Å². The van der Waals surface area contributed by atoms with Crippen LogP contribution in [0.1, 0.15) is 17.2 Å². The average Bonchev–Trinajstić information content (AvgIpc) is 2.99. The molecule has 3 heterocycles. The Morgan fingerprint density at radius 2 is 1.13 bits per heavy atom. The molecular weight excluding hydrogens is 506 g/mol. The molecule has 0 amide bonds. The van der Waals surface area contributed by atoms with Gasteiger partial charge < -0.3 is 20.4 Å². The van der Waals surface area contributed by atoms with E-state index in [-0.39, 0.29) is 6.04 Å². The number of halogens is 1. The van der Waals surface area contributed by atoms with E-state index in [1.54, 1.807) is 6.33 Å². The Balaban J connectivity index is 1.14. The number of hydrogen-bond acceptors (Lipinski definition) is 7. The molecule has 6 rings (SSSR count). The standard InChI is InChI=1S/C31H34ClN7/c32-26-12-7-13-27(22-26)36-14-18-38(19-15-36)30-28(33)31(35-23-34-30)39-20-16-37(17-21-39)29(24-8-3-1-4-9-24)25-10-5-2-6-11-25/h1-13,22-23,29H,14-21,33H2. The summed E-state index contributed by atoms with van der Waals surface area (Å²) in [6.07, 6.45) is 1.66. The second-order valence-electron chi connectivity index (χ2n) is 10.1. The molecule has 0 saturated carbocycles. The first-order valence-corrected chi connectivity index (χ1v) is 14.0. The number of aromatic nitrogens is 2. The van der Waals surface area contributed by atoms with Crippen LogP contribution in [0.5, 0.6) is 0 Å². The third-order valence-electron chi connectivity index (χ3n) is 7.80. The fourth-order valence-electron chi connectivity index (χ4n) is 5.81. The SMILES string of the molecule is Nc1c(N2CCN(c3cccc(Cl)c3)CC2)ncnc1N1CCN(C(c2ccccc2)c2ccccc2)CC1. The first-order chi connectivity index (χ1) is 19.2. The van der Waals surface area contributed by atoms with E-state index < -0.39 is 0 Å². The molecule has 200 valence electrons. The van der Waals surface area contributed by atoms with E-state index in [1.165, 1.54) is 11.1 Å². The van der Waals surface area contributed by atoms with Crippen molar-refractivity contribution >= 4 is 34.6 Å². The highest BCUT2D eigenvalue weighted by molar-refractivity contribution is 6.30. The minimum atomic E-state index is 0.226. The van der Waals surface area contributed by atoms with Crippen LogP contribution in [0.2, 0.25) is 5.02 Å². The lowest BCUT2D eigenvalue weighted by atomic mass is 9.96. The van der Waals surface area contributed by atoms with E-state index >= 15 is 0 Å². The molecule has 8 heteroatoms. The molecule has 2 aliphatic heterocycles. The molecule has 0 spiro atoms. The number of nitrogens with two attached hydrogens (primary N) is 1. The number of nitrogen functional groups attached to an aromatic ring is 1. The zero-order chi connectivity index (χ0) is 26.6. The van der Waals surface area contributed by atoms with Crippen LogP contribution in [0.15, 0.2) is 91.3 Å². The Bertz CT molecular complexity index is 1330. The maximum absolute atomic E-state index is 6.73. The second kappa shape index (κ2) is 11.5. The summed E-state index contributed by atoms with van der Waals surface area (Å²) in [4.78, 5) is 18.7. The predicted octanol–water partition coefficient (Wildman–Crippen LogP) is 4.95. The van der Waals surface area contributed by atoms with E-state index in [0.29, 0.717) is 5.69 Å². The molecule has 0 atom stereocenters. The summed E-state index contributed by atoms with van der Waals surface area (Å²) in [7, 11) is 0. The molecule has 0 radical (unpaired) electrons. The lowest BCUT2D eigenvalue weighted by Gasteiger charge is -2.41. The van der Waals surface area contributed by atoms with E-state index in [0.717, 1.165) is 74.7 Å². The molecule has 1 aromatic heterocycles. The number of benzene rings is 3. The highest BCUT2D eigenvalue weighted by atomic mass is 35.5. The van der Waals surface area contributed by atoms with Crippen molar-refractivity contribution < 1.29 is 0 Å². The van der Waals surface area contributed by atoms with Crippen LogP contribution in [0.3, 0.4) is 0 Å². The maximum Gasteiger partial charge on any atom is 0.157 e. The van der Waals surface area contributed by atoms with Crippen LogP contribution >= 0.6 is 11.6 Å². The zero-order valence-electron chi connectivity index (χ0n) is 22.0. The molecule has 0 aliphatic carbocycles. The first-order valence-electron chi connectivity index (χ1n) is 13.6. The van der Waals surface area contributed by atoms with E-state index in [4.69, 9.17) is 17.3 Å². The third-order valence-corrected chi connectivity index (χ3v) is 8.04. The van der Waals surface area contributed by atoms with Gasteiger partial charge in [0.15, 0.2) is 11.6 Å². The molecule has 3 aromatic carbocycles. The maximum atomic E-state index is 6.73. The number of rotatable bonds is 6. The van der Waals surface area contributed by atoms with Gasteiger partial charge in [-0.2, -0.15) is 0 Å². The van der Waals surface area contributed by atoms with Crippen molar-refractivity contribution in [3.63, 3.8) is 0 Å². The zero-order valence-corrected chi connectivity index (χ0v) is 22.8. The second-order valence-corrected chi connectivity index (χ2v) is 10.6. The lowest BCUT2D eigenvalue weighted by molar-refractivity contribution is 0.212. The fraction of sp³-hybridized carbons (Fsp3) is 0.290. The average molecular weight is 540 g/mol. The van der Waals surface area contributed by atoms with Gasteiger partial charge in [0.25, 0.3) is 0 Å². The van der Waals surface area contributed by atoms with Gasteiger partial charge in [-0.15, -0.1) is 0 Å². The Labute approximate surface area is 235 Å². The highest BCUT2D eigenvalue weighted by Crippen LogP contribution is 2.33. The molecule has 2 aliphatic rings. The van der Waals surface area contributed by atoms with E-state index in [2.05, 4.69) is 96.3 Å². The van der Waals surface area contributed by atoms with Crippen LogP contribution in [-0.4, -0.2) is 67.2 Å². The summed E-state index contributed by atoms with van der Waals surface area (Å²) in [6, 6.07) is 29.8. The van der Waals surface area contributed by atoms with Gasteiger partial charge >= 0.3 is 0 Å². The topological polar surface area (TPSA) is 64.8 Å². The highest BCUT2D eigenvalue weighted by Gasteiger charge is 2.29. The molecule has 7 nitrogen and oxygen atoms in total. The largest absolute Gasteiger partial charge is 0.393 e. The van der Waals surface area contributed by atoms with Gasteiger partial charge in [-0.25, -0.2) is 9.97 Å². The number of piperazine rings is 2. The summed E-state index contributed by atoms with van der Waals surface area (Å²) < 4.78 is 0. The molecule has 39 heavy (non-hydrogen) atoms. The molecular formula is C31H34ClN7. The summed E-state index contributed by atoms with van der Waals surface area (Å²) in [5.74, 6) is 1.67. The first kappa shape index (κ1) is 25.5. The molecule has 0 bridgehead atoms. The van der Waals surface area contributed by atoms with Crippen molar-refractivity contribution in [2.75, 3.05) is 72.8 Å². The Morgan fingerprint density at radius 3 is 1.67 bits per heavy atom. The molecule has 0 unspecified atom stereocenters. The van der Waals surface area contributed by atoms with Gasteiger partial charge in [-0.3, -0.25) is 4.90 Å². The van der Waals surface area contributed by atoms with Crippen molar-refractivity contribution in [1.29, 1.82) is 0 Å². The summed E-state index contributed by atoms with van der Waals surface area (Å²) >= 11 is 6.21. The number of nitrogens with zero attached hydrogens (tertiary/aromatic N) is 6. The summed E-state index contributed by atoms with van der Waals surface area (Å²) in [5, 5.41) is 0.763. The lowest BCUT2D eigenvalue weighted by Crippen LogP contribution is -2.49. The molecule has 2 N–H and O–H groups in total. The van der Waals surface area contributed by atoms with Crippen LogP contribution in [0, 0.1) is 0 Å². The summed E-state index contributed by atoms with van der Waals surface area (Å²) in [6.45, 7) is 7.03. The van der Waals surface area contributed by atoms with Crippen LogP contribution in [0.25, 0.3) is 0 Å². The Kier molecular flexibility index (Phi) is 7.52. The van der Waals surface area contributed by atoms with Crippen molar-refractivity contribution in [1.82, 2.24) is 14.9 Å². The van der Waals surface area contributed by atoms with Crippen molar-refractivity contribution in [3.05, 3.63) is 107 Å². The quantitative estimate of drug-likeness (QED) is 0.372. The number of anilines is 4. The van der Waals surface area contributed by atoms with E-state index in [1.807, 2.05) is 18.2 Å². The van der Waals surface area contributed by atoms with Gasteiger partial charge in [0.1, 0.15) is 12.0 Å². The third kappa shape index (κ3) is 5.51. The molecule has 2 fully saturated rings. The minimum Gasteiger partial charge on any atom is -0.393 e. The Morgan fingerprint density at radius 1 is 0.615 bits per heavy atom. The van der Waals surface area contributed by atoms with E-state index in [9.17, 15) is 0 Å². The van der Waals surface area contributed by atoms with Gasteiger partial charge in [0.05, 0.1) is 6.04 Å².